The maximum Gasteiger partial charge on any atom is 0.326 e. The van der Waals surface area contributed by atoms with Gasteiger partial charge in [0.05, 0.1) is 12.5 Å². The molecule has 0 aliphatic carbocycles. The Morgan fingerprint density at radius 3 is 2.00 bits per heavy atom. The lowest BCUT2D eigenvalue weighted by Crippen LogP contribution is -2.58. The molecule has 4 amide bonds. The maximum atomic E-state index is 13.3. The second kappa shape index (κ2) is 16.3. The van der Waals surface area contributed by atoms with Crippen molar-refractivity contribution < 1.29 is 29.1 Å². The van der Waals surface area contributed by atoms with Crippen LogP contribution in [0.1, 0.15) is 51.5 Å². The zero-order chi connectivity index (χ0) is 28.0. The van der Waals surface area contributed by atoms with E-state index in [4.69, 9.17) is 17.2 Å². The Balaban J connectivity index is 3.14. The normalized spacial score (nSPS) is 14.9. The Hall–Kier alpha value is -3.51. The van der Waals surface area contributed by atoms with Gasteiger partial charge in [0.1, 0.15) is 18.1 Å². The van der Waals surface area contributed by atoms with Gasteiger partial charge in [0.25, 0.3) is 0 Å². The molecule has 0 fully saturated rings. The molecule has 0 spiro atoms. The van der Waals surface area contributed by atoms with E-state index in [0.29, 0.717) is 31.4 Å². The lowest BCUT2D eigenvalue weighted by molar-refractivity contribution is -0.143. The average Bonchev–Trinajstić information content (AvgIpc) is 2.86. The maximum absolute atomic E-state index is 13.3. The summed E-state index contributed by atoms with van der Waals surface area (Å²) in [4.78, 5) is 61.8. The van der Waals surface area contributed by atoms with Gasteiger partial charge in [-0.2, -0.15) is 0 Å². The SMILES string of the molecule is CCC(C)C(N)C(=O)NC(CCCCN)C(=O)NC(Cc1ccccc1)C(=O)NC(CC(N)=O)C(=O)O. The first-order chi connectivity index (χ1) is 17.5. The number of aliphatic carboxylic acids is 1. The molecule has 0 saturated carbocycles. The van der Waals surface area contributed by atoms with E-state index in [-0.39, 0.29) is 18.8 Å². The lowest BCUT2D eigenvalue weighted by Gasteiger charge is -2.26. The molecule has 0 aliphatic rings. The molecule has 37 heavy (non-hydrogen) atoms. The van der Waals surface area contributed by atoms with Crippen molar-refractivity contribution in [3.8, 4) is 0 Å². The topological polar surface area (TPSA) is 220 Å². The first kappa shape index (κ1) is 31.5. The minimum Gasteiger partial charge on any atom is -0.480 e. The molecule has 12 heteroatoms. The summed E-state index contributed by atoms with van der Waals surface area (Å²) in [7, 11) is 0. The monoisotopic (exact) mass is 520 g/mol. The van der Waals surface area contributed by atoms with Gasteiger partial charge in [0, 0.05) is 6.42 Å². The van der Waals surface area contributed by atoms with Crippen LogP contribution in [-0.4, -0.2) is 65.4 Å². The van der Waals surface area contributed by atoms with Gasteiger partial charge in [0.15, 0.2) is 0 Å². The van der Waals surface area contributed by atoms with Crippen LogP contribution in [0.15, 0.2) is 30.3 Å². The third-order valence-electron chi connectivity index (χ3n) is 6.08. The molecular formula is C25H40N6O6. The van der Waals surface area contributed by atoms with Crippen molar-refractivity contribution in [2.45, 2.75) is 76.5 Å². The third-order valence-corrected chi connectivity index (χ3v) is 6.08. The van der Waals surface area contributed by atoms with Gasteiger partial charge in [-0.15, -0.1) is 0 Å². The van der Waals surface area contributed by atoms with Crippen molar-refractivity contribution >= 4 is 29.6 Å². The molecule has 5 atom stereocenters. The number of unbranched alkanes of at least 4 members (excludes halogenated alkanes) is 1. The van der Waals surface area contributed by atoms with Gasteiger partial charge >= 0.3 is 5.97 Å². The van der Waals surface area contributed by atoms with Crippen LogP contribution in [0.5, 0.6) is 0 Å². The van der Waals surface area contributed by atoms with E-state index < -0.39 is 60.2 Å². The molecular weight excluding hydrogens is 480 g/mol. The molecule has 5 unspecified atom stereocenters. The Morgan fingerprint density at radius 2 is 1.46 bits per heavy atom. The number of carboxylic acids is 1. The fourth-order valence-corrected chi connectivity index (χ4v) is 3.55. The summed E-state index contributed by atoms with van der Waals surface area (Å²) in [6, 6.07) is 4.23. The number of benzene rings is 1. The predicted octanol–water partition coefficient (Wildman–Crippen LogP) is -0.854. The molecule has 1 aromatic rings. The van der Waals surface area contributed by atoms with E-state index in [0.717, 1.165) is 0 Å². The third kappa shape index (κ3) is 11.4. The van der Waals surface area contributed by atoms with Crippen molar-refractivity contribution in [3.63, 3.8) is 0 Å². The molecule has 0 radical (unpaired) electrons. The Kier molecular flexibility index (Phi) is 13.9. The average molecular weight is 521 g/mol. The van der Waals surface area contributed by atoms with Gasteiger partial charge < -0.3 is 38.3 Å². The number of nitrogens with one attached hydrogen (secondary N) is 3. The first-order valence-corrected chi connectivity index (χ1v) is 12.4. The smallest absolute Gasteiger partial charge is 0.326 e. The van der Waals surface area contributed by atoms with Crippen molar-refractivity contribution in [3.05, 3.63) is 35.9 Å². The largest absolute Gasteiger partial charge is 0.480 e. The van der Waals surface area contributed by atoms with E-state index in [1.807, 2.05) is 13.8 Å². The highest BCUT2D eigenvalue weighted by molar-refractivity contribution is 5.95. The fraction of sp³-hybridized carbons (Fsp3) is 0.560. The van der Waals surface area contributed by atoms with Crippen molar-refractivity contribution in [2.75, 3.05) is 6.54 Å². The van der Waals surface area contributed by atoms with E-state index in [1.165, 1.54) is 0 Å². The quantitative estimate of drug-likeness (QED) is 0.128. The Morgan fingerprint density at radius 1 is 0.892 bits per heavy atom. The van der Waals surface area contributed by atoms with Gasteiger partial charge in [-0.1, -0.05) is 50.6 Å². The minimum absolute atomic E-state index is 0.0389. The molecule has 0 bridgehead atoms. The predicted molar refractivity (Wildman–Crippen MR) is 138 cm³/mol. The highest BCUT2D eigenvalue weighted by Gasteiger charge is 2.31. The highest BCUT2D eigenvalue weighted by atomic mass is 16.4. The molecule has 0 saturated heterocycles. The fourth-order valence-electron chi connectivity index (χ4n) is 3.55. The summed E-state index contributed by atoms with van der Waals surface area (Å²) < 4.78 is 0. The van der Waals surface area contributed by atoms with E-state index in [1.54, 1.807) is 30.3 Å². The number of nitrogens with two attached hydrogens (primary N) is 3. The Labute approximate surface area is 217 Å². The molecule has 0 aromatic heterocycles. The van der Waals surface area contributed by atoms with Crippen LogP contribution in [-0.2, 0) is 30.4 Å². The summed E-state index contributed by atoms with van der Waals surface area (Å²) in [6.45, 7) is 4.14. The second-order valence-corrected chi connectivity index (χ2v) is 9.08. The zero-order valence-electron chi connectivity index (χ0n) is 21.4. The zero-order valence-corrected chi connectivity index (χ0v) is 21.4. The summed E-state index contributed by atoms with van der Waals surface area (Å²) >= 11 is 0. The van der Waals surface area contributed by atoms with E-state index in [2.05, 4.69) is 16.0 Å². The molecule has 0 aliphatic heterocycles. The first-order valence-electron chi connectivity index (χ1n) is 12.4. The Bertz CT molecular complexity index is 912. The standard InChI is InChI=1S/C25H40N6O6/c1-3-15(2)21(28)24(35)29-17(11-7-8-12-26)22(33)30-18(13-16-9-5-4-6-10-16)23(34)31-19(25(36)37)14-20(27)32/h4-6,9-10,15,17-19,21H,3,7-8,11-14,26,28H2,1-2H3,(H2,27,32)(H,29,35)(H,30,33)(H,31,34)(H,36,37). The number of amides is 4. The second-order valence-electron chi connectivity index (χ2n) is 9.08. The number of hydrogen-bond acceptors (Lipinski definition) is 7. The van der Waals surface area contributed by atoms with Crippen LogP contribution in [0.3, 0.4) is 0 Å². The van der Waals surface area contributed by atoms with Crippen LogP contribution < -0.4 is 33.2 Å². The summed E-state index contributed by atoms with van der Waals surface area (Å²) in [5, 5.41) is 16.9. The molecule has 206 valence electrons. The minimum atomic E-state index is -1.56. The van der Waals surface area contributed by atoms with E-state index >= 15 is 0 Å². The van der Waals surface area contributed by atoms with Crippen LogP contribution >= 0.6 is 0 Å². The molecule has 1 aromatic carbocycles. The number of carbonyl (C=O) groups is 5. The van der Waals surface area contributed by atoms with Crippen LogP contribution in [0.4, 0.5) is 0 Å². The molecule has 0 heterocycles. The van der Waals surface area contributed by atoms with Gasteiger partial charge in [-0.3, -0.25) is 19.2 Å². The highest BCUT2D eigenvalue weighted by Crippen LogP contribution is 2.09. The lowest BCUT2D eigenvalue weighted by atomic mass is 9.98. The van der Waals surface area contributed by atoms with Crippen molar-refractivity contribution in [1.82, 2.24) is 16.0 Å². The number of carboxylic acid groups (broad SMARTS) is 1. The molecule has 12 nitrogen and oxygen atoms in total. The number of rotatable bonds is 17. The number of hydrogen-bond donors (Lipinski definition) is 7. The number of carbonyl (C=O) groups excluding carboxylic acids is 4. The van der Waals surface area contributed by atoms with Crippen molar-refractivity contribution in [1.29, 1.82) is 0 Å². The summed E-state index contributed by atoms with van der Waals surface area (Å²) in [6.07, 6.45) is 1.53. The molecule has 1 rings (SSSR count). The van der Waals surface area contributed by atoms with Gasteiger partial charge in [-0.05, 0) is 37.3 Å². The summed E-state index contributed by atoms with van der Waals surface area (Å²) in [5.41, 5.74) is 17.4. The molecule has 10 N–H and O–H groups in total. The van der Waals surface area contributed by atoms with Crippen LogP contribution in [0.2, 0.25) is 0 Å². The van der Waals surface area contributed by atoms with Crippen LogP contribution in [0, 0.1) is 5.92 Å². The summed E-state index contributed by atoms with van der Waals surface area (Å²) in [5.74, 6) is -4.38. The van der Waals surface area contributed by atoms with E-state index in [9.17, 15) is 29.1 Å². The van der Waals surface area contributed by atoms with Crippen LogP contribution in [0.25, 0.3) is 0 Å². The van der Waals surface area contributed by atoms with Gasteiger partial charge in [0.2, 0.25) is 23.6 Å². The number of primary amides is 1. The van der Waals surface area contributed by atoms with Crippen molar-refractivity contribution in [2.24, 2.45) is 23.1 Å². The van der Waals surface area contributed by atoms with Gasteiger partial charge in [-0.25, -0.2) is 4.79 Å².